The van der Waals surface area contributed by atoms with Gasteiger partial charge in [0.05, 0.1) is 12.1 Å². The van der Waals surface area contributed by atoms with Crippen LogP contribution in [0.2, 0.25) is 0 Å². The van der Waals surface area contributed by atoms with Gasteiger partial charge in [0.15, 0.2) is 0 Å². The highest BCUT2D eigenvalue weighted by atomic mass is 15.2. The molecule has 1 aliphatic carbocycles. The van der Waals surface area contributed by atoms with E-state index in [0.717, 1.165) is 13.1 Å². The SMILES string of the molecule is CC(C#N)N(CC1CCCCN1)C1CC1. The van der Waals surface area contributed by atoms with Gasteiger partial charge in [0.25, 0.3) is 0 Å². The molecule has 2 atom stereocenters. The molecule has 0 amide bonds. The van der Waals surface area contributed by atoms with E-state index in [0.29, 0.717) is 12.1 Å². The number of nitrogens with one attached hydrogen (secondary N) is 1. The quantitative estimate of drug-likeness (QED) is 0.759. The predicted molar refractivity (Wildman–Crippen MR) is 60.4 cm³/mol. The van der Waals surface area contributed by atoms with Crippen LogP contribution in [-0.4, -0.2) is 36.1 Å². The fourth-order valence-corrected chi connectivity index (χ4v) is 2.44. The zero-order chi connectivity index (χ0) is 10.7. The third kappa shape index (κ3) is 2.93. The van der Waals surface area contributed by atoms with E-state index in [4.69, 9.17) is 5.26 Å². The topological polar surface area (TPSA) is 39.1 Å². The van der Waals surface area contributed by atoms with Gasteiger partial charge in [0.2, 0.25) is 0 Å². The zero-order valence-electron chi connectivity index (χ0n) is 9.58. The molecule has 0 aromatic carbocycles. The molecule has 0 bridgehead atoms. The molecule has 2 fully saturated rings. The number of hydrogen-bond donors (Lipinski definition) is 1. The first-order chi connectivity index (χ1) is 7.31. The van der Waals surface area contributed by atoms with Gasteiger partial charge in [-0.3, -0.25) is 4.90 Å². The van der Waals surface area contributed by atoms with Gasteiger partial charge in [-0.1, -0.05) is 6.42 Å². The van der Waals surface area contributed by atoms with Gasteiger partial charge >= 0.3 is 0 Å². The summed E-state index contributed by atoms with van der Waals surface area (Å²) in [6.07, 6.45) is 6.52. The number of nitrogens with zero attached hydrogens (tertiary/aromatic N) is 2. The van der Waals surface area contributed by atoms with E-state index in [-0.39, 0.29) is 6.04 Å². The summed E-state index contributed by atoms with van der Waals surface area (Å²) < 4.78 is 0. The summed E-state index contributed by atoms with van der Waals surface area (Å²) in [4.78, 5) is 2.39. The average molecular weight is 207 g/mol. The van der Waals surface area contributed by atoms with E-state index in [1.54, 1.807) is 0 Å². The minimum atomic E-state index is 0.0845. The van der Waals surface area contributed by atoms with E-state index in [9.17, 15) is 0 Å². The largest absolute Gasteiger partial charge is 0.313 e. The van der Waals surface area contributed by atoms with Crippen LogP contribution in [-0.2, 0) is 0 Å². The van der Waals surface area contributed by atoms with Gasteiger partial charge in [0, 0.05) is 18.6 Å². The lowest BCUT2D eigenvalue weighted by Crippen LogP contribution is -2.47. The Bertz CT molecular complexity index is 236. The predicted octanol–water partition coefficient (Wildman–Crippen LogP) is 1.50. The van der Waals surface area contributed by atoms with Crippen LogP contribution in [0.25, 0.3) is 0 Å². The summed E-state index contributed by atoms with van der Waals surface area (Å²) in [6, 6.07) is 3.78. The van der Waals surface area contributed by atoms with Crippen molar-refractivity contribution in [1.29, 1.82) is 5.26 Å². The Labute approximate surface area is 92.4 Å². The lowest BCUT2D eigenvalue weighted by Gasteiger charge is -2.32. The summed E-state index contributed by atoms with van der Waals surface area (Å²) in [7, 11) is 0. The average Bonchev–Trinajstić information content (AvgIpc) is 3.10. The maximum absolute atomic E-state index is 9.00. The Balaban J connectivity index is 1.85. The van der Waals surface area contributed by atoms with Crippen molar-refractivity contribution in [1.82, 2.24) is 10.2 Å². The Morgan fingerprint density at radius 1 is 1.40 bits per heavy atom. The Kier molecular flexibility index (Phi) is 3.61. The molecule has 2 rings (SSSR count). The van der Waals surface area contributed by atoms with Crippen LogP contribution in [0.4, 0.5) is 0 Å². The highest BCUT2D eigenvalue weighted by molar-refractivity contribution is 4.97. The molecule has 2 aliphatic rings. The van der Waals surface area contributed by atoms with Crippen LogP contribution in [0.1, 0.15) is 39.0 Å². The molecule has 0 spiro atoms. The molecular formula is C12H21N3. The first-order valence-electron chi connectivity index (χ1n) is 6.20. The lowest BCUT2D eigenvalue weighted by atomic mass is 10.0. The van der Waals surface area contributed by atoms with E-state index < -0.39 is 0 Å². The Morgan fingerprint density at radius 3 is 2.73 bits per heavy atom. The molecule has 3 heteroatoms. The van der Waals surface area contributed by atoms with Crippen LogP contribution in [0.3, 0.4) is 0 Å². The lowest BCUT2D eigenvalue weighted by molar-refractivity contribution is 0.194. The van der Waals surface area contributed by atoms with Crippen LogP contribution in [0, 0.1) is 11.3 Å². The van der Waals surface area contributed by atoms with Gasteiger partial charge in [-0.15, -0.1) is 0 Å². The maximum atomic E-state index is 9.00. The van der Waals surface area contributed by atoms with E-state index in [2.05, 4.69) is 16.3 Å². The summed E-state index contributed by atoms with van der Waals surface area (Å²) in [6.45, 7) is 4.25. The first kappa shape index (κ1) is 10.9. The molecule has 15 heavy (non-hydrogen) atoms. The second-order valence-corrected chi connectivity index (χ2v) is 4.88. The van der Waals surface area contributed by atoms with Gasteiger partial charge in [-0.05, 0) is 39.2 Å². The molecule has 84 valence electrons. The molecule has 1 saturated heterocycles. The fraction of sp³-hybridized carbons (Fsp3) is 0.917. The smallest absolute Gasteiger partial charge is 0.0952 e. The molecule has 1 saturated carbocycles. The Morgan fingerprint density at radius 2 is 2.20 bits per heavy atom. The first-order valence-corrected chi connectivity index (χ1v) is 6.20. The highest BCUT2D eigenvalue weighted by Gasteiger charge is 2.33. The van der Waals surface area contributed by atoms with Crippen molar-refractivity contribution in [2.24, 2.45) is 0 Å². The van der Waals surface area contributed by atoms with Gasteiger partial charge < -0.3 is 5.32 Å². The van der Waals surface area contributed by atoms with Crippen molar-refractivity contribution in [2.45, 2.75) is 57.2 Å². The maximum Gasteiger partial charge on any atom is 0.0952 e. The van der Waals surface area contributed by atoms with Gasteiger partial charge in [-0.2, -0.15) is 5.26 Å². The van der Waals surface area contributed by atoms with Crippen molar-refractivity contribution in [3.05, 3.63) is 0 Å². The van der Waals surface area contributed by atoms with Crippen LogP contribution >= 0.6 is 0 Å². The molecule has 1 N–H and O–H groups in total. The van der Waals surface area contributed by atoms with Crippen molar-refractivity contribution in [2.75, 3.05) is 13.1 Å². The van der Waals surface area contributed by atoms with Gasteiger partial charge in [0.1, 0.15) is 0 Å². The molecule has 1 heterocycles. The number of rotatable bonds is 4. The van der Waals surface area contributed by atoms with Crippen molar-refractivity contribution < 1.29 is 0 Å². The third-order valence-corrected chi connectivity index (χ3v) is 3.54. The molecule has 1 aliphatic heterocycles. The van der Waals surface area contributed by atoms with Crippen molar-refractivity contribution in [3.63, 3.8) is 0 Å². The second-order valence-electron chi connectivity index (χ2n) is 4.88. The fourth-order valence-electron chi connectivity index (χ4n) is 2.44. The van der Waals surface area contributed by atoms with Gasteiger partial charge in [-0.25, -0.2) is 0 Å². The zero-order valence-corrected chi connectivity index (χ0v) is 9.58. The summed E-state index contributed by atoms with van der Waals surface area (Å²) in [5.74, 6) is 0. The number of hydrogen-bond acceptors (Lipinski definition) is 3. The van der Waals surface area contributed by atoms with Crippen LogP contribution in [0.15, 0.2) is 0 Å². The second kappa shape index (κ2) is 4.96. The van der Waals surface area contributed by atoms with Crippen LogP contribution in [0.5, 0.6) is 0 Å². The molecule has 3 nitrogen and oxygen atoms in total. The minimum Gasteiger partial charge on any atom is -0.313 e. The van der Waals surface area contributed by atoms with E-state index in [1.807, 2.05) is 6.92 Å². The van der Waals surface area contributed by atoms with E-state index >= 15 is 0 Å². The van der Waals surface area contributed by atoms with Crippen molar-refractivity contribution in [3.8, 4) is 6.07 Å². The van der Waals surface area contributed by atoms with Crippen LogP contribution < -0.4 is 5.32 Å². The molecule has 0 aromatic rings. The molecular weight excluding hydrogens is 186 g/mol. The molecule has 0 radical (unpaired) electrons. The summed E-state index contributed by atoms with van der Waals surface area (Å²) in [5, 5.41) is 12.6. The Hall–Kier alpha value is -0.590. The summed E-state index contributed by atoms with van der Waals surface area (Å²) in [5.41, 5.74) is 0. The highest BCUT2D eigenvalue weighted by Crippen LogP contribution is 2.29. The molecule has 2 unspecified atom stereocenters. The van der Waals surface area contributed by atoms with E-state index in [1.165, 1.54) is 32.1 Å². The standard InChI is InChI=1S/C12H21N3/c1-10(8-13)15(12-5-6-12)9-11-4-2-3-7-14-11/h10-12,14H,2-7,9H2,1H3. The minimum absolute atomic E-state index is 0.0845. The van der Waals surface area contributed by atoms with Crippen molar-refractivity contribution >= 4 is 0 Å². The third-order valence-electron chi connectivity index (χ3n) is 3.54. The monoisotopic (exact) mass is 207 g/mol. The number of piperidine rings is 1. The number of nitriles is 1. The molecule has 0 aromatic heterocycles. The summed E-state index contributed by atoms with van der Waals surface area (Å²) >= 11 is 0. The normalized spacial score (nSPS) is 28.7.